The van der Waals surface area contributed by atoms with E-state index >= 15 is 0 Å². The Bertz CT molecular complexity index is 1350. The molecule has 4 atom stereocenters. The number of nitrogens with one attached hydrogen (secondary N) is 1. The molecule has 0 aromatic heterocycles. The van der Waals surface area contributed by atoms with Crippen LogP contribution < -0.4 is 5.32 Å². The lowest BCUT2D eigenvalue weighted by atomic mass is 9.78. The number of likely N-dealkylation sites (tertiary alicyclic amines) is 1. The molecule has 310 valence electrons. The van der Waals surface area contributed by atoms with Gasteiger partial charge in [-0.2, -0.15) is 0 Å². The van der Waals surface area contributed by atoms with E-state index in [2.05, 4.69) is 33.0 Å². The van der Waals surface area contributed by atoms with Crippen molar-refractivity contribution < 1.29 is 47.2 Å². The minimum atomic E-state index is -0.629. The second-order valence-electron chi connectivity index (χ2n) is 17.2. The van der Waals surface area contributed by atoms with Gasteiger partial charge in [0.25, 0.3) is 0 Å². The van der Waals surface area contributed by atoms with Gasteiger partial charge in [-0.25, -0.2) is 9.59 Å². The van der Waals surface area contributed by atoms with Gasteiger partial charge in [-0.1, -0.05) is 50.6 Å². The highest BCUT2D eigenvalue weighted by molar-refractivity contribution is 6.45. The van der Waals surface area contributed by atoms with Crippen LogP contribution >= 0.6 is 0 Å². The molecule has 0 aliphatic carbocycles. The minimum Gasteiger partial charge on any atom is -0.468 e. The third-order valence-electron chi connectivity index (χ3n) is 12.3. The number of rotatable bonds is 12. The van der Waals surface area contributed by atoms with Crippen molar-refractivity contribution in [2.24, 2.45) is 11.8 Å². The molecule has 12 nitrogen and oxygen atoms in total. The van der Waals surface area contributed by atoms with E-state index in [1.54, 1.807) is 0 Å². The van der Waals surface area contributed by atoms with Gasteiger partial charge in [-0.05, 0) is 130 Å². The zero-order valence-electron chi connectivity index (χ0n) is 34.6. The van der Waals surface area contributed by atoms with Gasteiger partial charge in [0.2, 0.25) is 0 Å². The lowest BCUT2D eigenvalue weighted by Crippen LogP contribution is -2.53. The van der Waals surface area contributed by atoms with Crippen LogP contribution in [0.3, 0.4) is 0 Å². The van der Waals surface area contributed by atoms with E-state index in [9.17, 15) is 14.4 Å². The molecule has 4 aliphatic rings. The SMILES string of the molecule is C.COC(=O)C1C(CCCB2OC(C)(C)C(C)(C)O2)CCCN1C(=O)OCc1ccccc1.COC(=O)C1NCCCC1CCCB1OC(C)(C)C(C)(C)O1. The van der Waals surface area contributed by atoms with Crippen molar-refractivity contribution in [1.29, 1.82) is 0 Å². The van der Waals surface area contributed by atoms with Crippen LogP contribution in [-0.2, 0) is 49.0 Å². The molecule has 4 fully saturated rings. The van der Waals surface area contributed by atoms with E-state index in [-0.39, 0.29) is 74.6 Å². The second kappa shape index (κ2) is 20.2. The molecule has 4 aliphatic heterocycles. The summed E-state index contributed by atoms with van der Waals surface area (Å²) in [6.45, 7) is 18.0. The summed E-state index contributed by atoms with van der Waals surface area (Å²) in [4.78, 5) is 38.8. The molecule has 0 spiro atoms. The second-order valence-corrected chi connectivity index (χ2v) is 17.2. The van der Waals surface area contributed by atoms with E-state index in [0.29, 0.717) is 12.5 Å². The number of hydrogen-bond donors (Lipinski definition) is 1. The van der Waals surface area contributed by atoms with Crippen molar-refractivity contribution in [3.05, 3.63) is 35.9 Å². The largest absolute Gasteiger partial charge is 0.468 e. The van der Waals surface area contributed by atoms with Gasteiger partial charge >= 0.3 is 32.3 Å². The van der Waals surface area contributed by atoms with Gasteiger partial charge in [-0.3, -0.25) is 9.69 Å². The number of carbonyl (C=O) groups is 3. The number of benzene rings is 1. The Morgan fingerprint density at radius 3 is 1.75 bits per heavy atom. The lowest BCUT2D eigenvalue weighted by Gasteiger charge is -2.38. The van der Waals surface area contributed by atoms with Crippen LogP contribution in [0, 0.1) is 11.8 Å². The molecule has 4 heterocycles. The standard InChI is InChI=1S/C24H36BNO6.C16H30BNO4.CH4/c1-23(2)24(3,4)32-25(31-23)15-9-13-19-14-10-16-26(20(19)21(27)29-5)22(28)30-17-18-11-7-6-8-12-18;1-15(2)16(3,4)22-17(21-15)10-6-8-12-9-7-11-18-13(12)14(19)20-5;/h6-8,11-12,19-20H,9-10,13-17H2,1-5H3;12-13,18H,6-11H2,1-5H3;1H4. The van der Waals surface area contributed by atoms with Crippen molar-refractivity contribution in [3.8, 4) is 0 Å². The van der Waals surface area contributed by atoms with Crippen LogP contribution in [0.5, 0.6) is 0 Å². The molecular formula is C41H70B2N2O10. The highest BCUT2D eigenvalue weighted by atomic mass is 16.7. The van der Waals surface area contributed by atoms with Crippen LogP contribution in [0.1, 0.15) is 120 Å². The van der Waals surface area contributed by atoms with Crippen LogP contribution in [0.4, 0.5) is 4.79 Å². The highest BCUT2D eigenvalue weighted by Gasteiger charge is 2.52. The summed E-state index contributed by atoms with van der Waals surface area (Å²) >= 11 is 0. The Labute approximate surface area is 332 Å². The lowest BCUT2D eigenvalue weighted by molar-refractivity contribution is -0.150. The van der Waals surface area contributed by atoms with Crippen molar-refractivity contribution in [3.63, 3.8) is 0 Å². The number of hydrogen-bond acceptors (Lipinski definition) is 11. The molecule has 5 rings (SSSR count). The average molecular weight is 773 g/mol. The first kappa shape index (κ1) is 46.7. The van der Waals surface area contributed by atoms with Gasteiger partial charge in [0.15, 0.2) is 0 Å². The summed E-state index contributed by atoms with van der Waals surface area (Å²) in [5.74, 6) is -0.158. The summed E-state index contributed by atoms with van der Waals surface area (Å²) < 4.78 is 39.7. The Kier molecular flexibility index (Phi) is 17.1. The zero-order valence-corrected chi connectivity index (χ0v) is 34.6. The monoisotopic (exact) mass is 773 g/mol. The number of carbonyl (C=O) groups excluding carboxylic acids is 3. The Morgan fingerprint density at radius 2 is 1.24 bits per heavy atom. The van der Waals surface area contributed by atoms with Gasteiger partial charge in [-0.15, -0.1) is 0 Å². The molecule has 4 unspecified atom stereocenters. The minimum absolute atomic E-state index is 0. The fourth-order valence-corrected chi connectivity index (χ4v) is 7.75. The fraction of sp³-hybridized carbons (Fsp3) is 0.780. The molecule has 1 amide bonds. The number of methoxy groups -OCH3 is 2. The Morgan fingerprint density at radius 1 is 0.745 bits per heavy atom. The first-order valence-corrected chi connectivity index (χ1v) is 20.0. The van der Waals surface area contributed by atoms with Crippen molar-refractivity contribution in [1.82, 2.24) is 10.2 Å². The van der Waals surface area contributed by atoms with Crippen LogP contribution in [-0.4, -0.2) is 99.0 Å². The number of amides is 1. The maximum Gasteiger partial charge on any atom is 0.457 e. The topological polar surface area (TPSA) is 131 Å². The molecule has 14 heteroatoms. The maximum atomic E-state index is 12.8. The highest BCUT2D eigenvalue weighted by Crippen LogP contribution is 2.40. The van der Waals surface area contributed by atoms with E-state index in [0.717, 1.165) is 76.1 Å². The van der Waals surface area contributed by atoms with E-state index in [4.69, 9.17) is 32.8 Å². The summed E-state index contributed by atoms with van der Waals surface area (Å²) in [5.41, 5.74) is -0.323. The third-order valence-corrected chi connectivity index (χ3v) is 12.3. The molecule has 0 bridgehead atoms. The normalized spacial score (nSPS) is 26.3. The molecule has 1 aromatic carbocycles. The molecule has 1 aromatic rings. The summed E-state index contributed by atoms with van der Waals surface area (Å²) in [6, 6.07) is 8.73. The van der Waals surface area contributed by atoms with Crippen LogP contribution in [0.2, 0.25) is 12.6 Å². The smallest absolute Gasteiger partial charge is 0.457 e. The molecule has 1 N–H and O–H groups in total. The van der Waals surface area contributed by atoms with Gasteiger partial charge in [0.1, 0.15) is 18.7 Å². The summed E-state index contributed by atoms with van der Waals surface area (Å²) in [5, 5.41) is 3.29. The van der Waals surface area contributed by atoms with E-state index in [1.165, 1.54) is 19.1 Å². The quantitative estimate of drug-likeness (QED) is 0.129. The van der Waals surface area contributed by atoms with Gasteiger partial charge in [0.05, 0.1) is 36.6 Å². The predicted molar refractivity (Wildman–Crippen MR) is 215 cm³/mol. The van der Waals surface area contributed by atoms with Gasteiger partial charge < -0.3 is 38.1 Å². The van der Waals surface area contributed by atoms with Crippen LogP contribution in [0.15, 0.2) is 30.3 Å². The Hall–Kier alpha value is -2.64. The Balaban J connectivity index is 0.000000310. The number of nitrogens with zero attached hydrogens (tertiary/aromatic N) is 1. The number of ether oxygens (including phenoxy) is 3. The molecule has 0 saturated carbocycles. The molecule has 0 radical (unpaired) electrons. The first-order valence-electron chi connectivity index (χ1n) is 20.0. The number of piperidine rings is 2. The molecular weight excluding hydrogens is 702 g/mol. The van der Waals surface area contributed by atoms with Crippen molar-refractivity contribution in [2.75, 3.05) is 27.3 Å². The summed E-state index contributed by atoms with van der Waals surface area (Å²) in [6.07, 6.45) is 8.65. The van der Waals surface area contributed by atoms with Crippen molar-refractivity contribution >= 4 is 32.3 Å². The van der Waals surface area contributed by atoms with Gasteiger partial charge in [0, 0.05) is 6.54 Å². The maximum absolute atomic E-state index is 12.8. The van der Waals surface area contributed by atoms with E-state index < -0.39 is 12.1 Å². The predicted octanol–water partition coefficient (Wildman–Crippen LogP) is 7.49. The van der Waals surface area contributed by atoms with Crippen LogP contribution in [0.25, 0.3) is 0 Å². The zero-order chi connectivity index (χ0) is 39.7. The molecule has 55 heavy (non-hydrogen) atoms. The number of esters is 2. The summed E-state index contributed by atoms with van der Waals surface area (Å²) in [7, 11) is 2.43. The molecule has 4 saturated heterocycles. The first-order chi connectivity index (χ1) is 25.4. The van der Waals surface area contributed by atoms with Crippen molar-refractivity contribution in [2.45, 2.75) is 168 Å². The van der Waals surface area contributed by atoms with E-state index in [1.807, 2.05) is 58.0 Å². The average Bonchev–Trinajstić information content (AvgIpc) is 3.48. The third kappa shape index (κ3) is 12.2. The fourth-order valence-electron chi connectivity index (χ4n) is 7.75.